The number of rotatable bonds is 4. The summed E-state index contributed by atoms with van der Waals surface area (Å²) >= 11 is 0. The van der Waals surface area contributed by atoms with E-state index in [0.717, 1.165) is 32.6 Å². The number of ether oxygens (including phenoxy) is 1. The van der Waals surface area contributed by atoms with Crippen molar-refractivity contribution in [1.29, 1.82) is 0 Å². The highest BCUT2D eigenvalue weighted by molar-refractivity contribution is 5.69. The van der Waals surface area contributed by atoms with Crippen LogP contribution >= 0.6 is 0 Å². The Kier molecular flexibility index (Phi) is 4.12. The topological polar surface area (TPSA) is 53.6 Å². The first-order valence-corrected chi connectivity index (χ1v) is 6.37. The normalized spacial score (nSPS) is 20.5. The van der Waals surface area contributed by atoms with Gasteiger partial charge in [-0.25, -0.2) is 0 Å². The number of likely N-dealkylation sites (tertiary alicyclic amines) is 1. The summed E-state index contributed by atoms with van der Waals surface area (Å²) < 4.78 is 4.98. The van der Waals surface area contributed by atoms with Crippen LogP contribution in [0.2, 0.25) is 0 Å². The van der Waals surface area contributed by atoms with Crippen molar-refractivity contribution in [3.63, 3.8) is 0 Å². The Hall–Kier alpha value is -1.39. The third-order valence-electron chi connectivity index (χ3n) is 3.33. The number of esters is 1. The lowest BCUT2D eigenvalue weighted by Crippen LogP contribution is -2.37. The van der Waals surface area contributed by atoms with Gasteiger partial charge in [-0.2, -0.15) is 0 Å². The minimum absolute atomic E-state index is 0.0502. The van der Waals surface area contributed by atoms with Crippen molar-refractivity contribution in [2.45, 2.75) is 26.2 Å². The highest BCUT2D eigenvalue weighted by Crippen LogP contribution is 2.23. The quantitative estimate of drug-likeness (QED) is 0.704. The van der Waals surface area contributed by atoms with E-state index in [-0.39, 0.29) is 5.97 Å². The molecule has 2 heterocycles. The zero-order valence-corrected chi connectivity index (χ0v) is 10.4. The predicted octanol–water partition coefficient (Wildman–Crippen LogP) is 0.601. The van der Waals surface area contributed by atoms with Crippen LogP contribution in [0.5, 0.6) is 0 Å². The van der Waals surface area contributed by atoms with Gasteiger partial charge in [0.25, 0.3) is 0 Å². The first-order chi connectivity index (χ1) is 8.29. The fraction of sp³-hybridized carbons (Fsp3) is 0.750. The van der Waals surface area contributed by atoms with Crippen LogP contribution in [0.15, 0.2) is 12.0 Å². The highest BCUT2D eigenvalue weighted by Gasteiger charge is 2.23. The zero-order chi connectivity index (χ0) is 12.1. The van der Waals surface area contributed by atoms with Gasteiger partial charge in [-0.15, -0.1) is 0 Å². The second-order valence-electron chi connectivity index (χ2n) is 4.53. The lowest BCUT2D eigenvalue weighted by Gasteiger charge is -2.33. The van der Waals surface area contributed by atoms with Crippen LogP contribution in [-0.4, -0.2) is 37.2 Å². The maximum atomic E-state index is 11.4. The summed E-state index contributed by atoms with van der Waals surface area (Å²) in [7, 11) is 0. The van der Waals surface area contributed by atoms with Crippen molar-refractivity contribution in [1.82, 2.24) is 15.5 Å². The third-order valence-corrected chi connectivity index (χ3v) is 3.33. The van der Waals surface area contributed by atoms with Crippen LogP contribution in [0.4, 0.5) is 0 Å². The number of carbonyl (C=O) groups excluding carboxylic acids is 1. The van der Waals surface area contributed by atoms with E-state index >= 15 is 0 Å². The van der Waals surface area contributed by atoms with E-state index in [0.29, 0.717) is 18.9 Å². The van der Waals surface area contributed by atoms with Crippen molar-refractivity contribution in [2.75, 3.05) is 26.4 Å². The molecule has 0 aromatic heterocycles. The molecule has 2 rings (SSSR count). The van der Waals surface area contributed by atoms with Crippen LogP contribution in [0.3, 0.4) is 0 Å². The number of hydrogen-bond acceptors (Lipinski definition) is 5. The van der Waals surface area contributed by atoms with Gasteiger partial charge < -0.3 is 20.3 Å². The van der Waals surface area contributed by atoms with Gasteiger partial charge in [0.15, 0.2) is 0 Å². The summed E-state index contributed by atoms with van der Waals surface area (Å²) in [6, 6.07) is 0. The molecule has 17 heavy (non-hydrogen) atoms. The van der Waals surface area contributed by atoms with Crippen molar-refractivity contribution < 1.29 is 9.53 Å². The molecule has 0 atom stereocenters. The smallest absolute Gasteiger partial charge is 0.306 e. The standard InChI is InChI=1S/C12H21N3O2/c1-2-17-12(16)7-10-3-5-15(6-4-10)11-8-13-9-14-11/h8,10,13-14H,2-7,9H2,1H3. The summed E-state index contributed by atoms with van der Waals surface area (Å²) in [5.74, 6) is 1.62. The Morgan fingerprint density at radius 2 is 2.29 bits per heavy atom. The first kappa shape index (κ1) is 12.1. The molecule has 0 saturated carbocycles. The van der Waals surface area contributed by atoms with E-state index in [4.69, 9.17) is 4.74 Å². The Morgan fingerprint density at radius 3 is 2.88 bits per heavy atom. The van der Waals surface area contributed by atoms with Crippen LogP contribution < -0.4 is 10.6 Å². The molecule has 1 saturated heterocycles. The molecule has 0 spiro atoms. The van der Waals surface area contributed by atoms with E-state index < -0.39 is 0 Å². The molecule has 0 unspecified atom stereocenters. The largest absolute Gasteiger partial charge is 0.466 e. The lowest BCUT2D eigenvalue weighted by atomic mass is 9.94. The summed E-state index contributed by atoms with van der Waals surface area (Å²) in [5.41, 5.74) is 0. The van der Waals surface area contributed by atoms with Crippen molar-refractivity contribution >= 4 is 5.97 Å². The van der Waals surface area contributed by atoms with E-state index in [2.05, 4.69) is 15.5 Å². The minimum atomic E-state index is -0.0502. The van der Waals surface area contributed by atoms with E-state index in [9.17, 15) is 4.79 Å². The van der Waals surface area contributed by atoms with Gasteiger partial charge in [0.1, 0.15) is 5.82 Å². The Labute approximate surface area is 102 Å². The SMILES string of the molecule is CCOC(=O)CC1CCN(C2=CNCN2)CC1. The molecule has 0 bridgehead atoms. The number of nitrogens with one attached hydrogen (secondary N) is 2. The molecule has 2 N–H and O–H groups in total. The number of hydrogen-bond donors (Lipinski definition) is 2. The molecular formula is C12H21N3O2. The summed E-state index contributed by atoms with van der Waals surface area (Å²) in [6.07, 6.45) is 4.73. The molecule has 0 radical (unpaired) electrons. The molecule has 1 fully saturated rings. The lowest BCUT2D eigenvalue weighted by molar-refractivity contribution is -0.144. The second-order valence-corrected chi connectivity index (χ2v) is 4.53. The monoisotopic (exact) mass is 239 g/mol. The van der Waals surface area contributed by atoms with Crippen molar-refractivity contribution in [3.8, 4) is 0 Å². The molecule has 0 aromatic rings. The molecule has 0 amide bonds. The molecule has 0 aromatic carbocycles. The van der Waals surface area contributed by atoms with E-state index in [1.807, 2.05) is 13.1 Å². The Balaban J connectivity index is 1.72. The molecule has 96 valence electrons. The molecule has 0 aliphatic carbocycles. The summed E-state index contributed by atoms with van der Waals surface area (Å²) in [5, 5.41) is 6.43. The fourth-order valence-corrected chi connectivity index (χ4v) is 2.38. The number of nitrogens with zero attached hydrogens (tertiary/aromatic N) is 1. The number of carbonyl (C=O) groups is 1. The van der Waals surface area contributed by atoms with Crippen LogP contribution in [-0.2, 0) is 9.53 Å². The Morgan fingerprint density at radius 1 is 1.53 bits per heavy atom. The maximum Gasteiger partial charge on any atom is 0.306 e. The van der Waals surface area contributed by atoms with Crippen molar-refractivity contribution in [2.24, 2.45) is 5.92 Å². The highest BCUT2D eigenvalue weighted by atomic mass is 16.5. The number of piperidine rings is 1. The van der Waals surface area contributed by atoms with E-state index in [1.165, 1.54) is 5.82 Å². The minimum Gasteiger partial charge on any atom is -0.466 e. The molecule has 2 aliphatic rings. The fourth-order valence-electron chi connectivity index (χ4n) is 2.38. The van der Waals surface area contributed by atoms with Gasteiger partial charge in [-0.3, -0.25) is 4.79 Å². The van der Waals surface area contributed by atoms with Gasteiger partial charge in [0.05, 0.1) is 13.3 Å². The van der Waals surface area contributed by atoms with Gasteiger partial charge in [-0.05, 0) is 25.7 Å². The molecule has 5 heteroatoms. The molecule has 2 aliphatic heterocycles. The van der Waals surface area contributed by atoms with Crippen LogP contribution in [0, 0.1) is 5.92 Å². The van der Waals surface area contributed by atoms with Crippen LogP contribution in [0.25, 0.3) is 0 Å². The molecule has 5 nitrogen and oxygen atoms in total. The third kappa shape index (κ3) is 3.28. The van der Waals surface area contributed by atoms with Gasteiger partial charge in [0, 0.05) is 25.7 Å². The summed E-state index contributed by atoms with van der Waals surface area (Å²) in [4.78, 5) is 13.7. The average Bonchev–Trinajstić information content (AvgIpc) is 2.84. The summed E-state index contributed by atoms with van der Waals surface area (Å²) in [6.45, 7) is 5.19. The first-order valence-electron chi connectivity index (χ1n) is 6.37. The van der Waals surface area contributed by atoms with Crippen LogP contribution in [0.1, 0.15) is 26.2 Å². The molecular weight excluding hydrogens is 218 g/mol. The second kappa shape index (κ2) is 5.80. The maximum absolute atomic E-state index is 11.4. The van der Waals surface area contributed by atoms with Crippen molar-refractivity contribution in [3.05, 3.63) is 12.0 Å². The Bertz CT molecular complexity index is 296. The predicted molar refractivity (Wildman–Crippen MR) is 64.8 cm³/mol. The van der Waals surface area contributed by atoms with Gasteiger partial charge in [0.2, 0.25) is 0 Å². The van der Waals surface area contributed by atoms with E-state index in [1.54, 1.807) is 0 Å². The average molecular weight is 239 g/mol. The van der Waals surface area contributed by atoms with Gasteiger partial charge >= 0.3 is 5.97 Å². The van der Waals surface area contributed by atoms with Gasteiger partial charge in [-0.1, -0.05) is 0 Å². The zero-order valence-electron chi connectivity index (χ0n) is 10.4.